The quantitative estimate of drug-likeness (QED) is 0.483. The van der Waals surface area contributed by atoms with E-state index in [9.17, 15) is 4.79 Å². The van der Waals surface area contributed by atoms with Crippen molar-refractivity contribution in [2.45, 2.75) is 40.3 Å². The second-order valence-corrected chi connectivity index (χ2v) is 8.98. The topological polar surface area (TPSA) is 73.9 Å². The van der Waals surface area contributed by atoms with Gasteiger partial charge < -0.3 is 10.3 Å². The van der Waals surface area contributed by atoms with Crippen molar-refractivity contribution in [3.63, 3.8) is 0 Å². The summed E-state index contributed by atoms with van der Waals surface area (Å²) < 4.78 is 2.19. The molecule has 3 rings (SSSR count). The molecule has 0 aliphatic heterocycles. The van der Waals surface area contributed by atoms with Crippen molar-refractivity contribution >= 4 is 46.2 Å². The first kappa shape index (κ1) is 21.5. The lowest BCUT2D eigenvalue weighted by Crippen LogP contribution is -2.26. The molecule has 154 valence electrons. The molecule has 0 radical (unpaired) electrons. The van der Waals surface area contributed by atoms with Gasteiger partial charge in [0.2, 0.25) is 5.95 Å². The highest BCUT2D eigenvalue weighted by Gasteiger charge is 2.15. The Balaban J connectivity index is 1.77. The molecule has 0 unspecified atom stereocenters. The van der Waals surface area contributed by atoms with Gasteiger partial charge in [0.25, 0.3) is 5.56 Å². The molecule has 0 aliphatic rings. The minimum Gasteiger partial charge on any atom is -0.350 e. The zero-order valence-corrected chi connectivity index (χ0v) is 18.6. The first-order chi connectivity index (χ1) is 13.8. The number of aromatic amines is 1. The maximum Gasteiger partial charge on any atom is 0.253 e. The van der Waals surface area contributed by atoms with Crippen LogP contribution < -0.4 is 15.2 Å². The average molecular weight is 432 g/mol. The van der Waals surface area contributed by atoms with Crippen LogP contribution in [0.2, 0.25) is 5.02 Å². The van der Waals surface area contributed by atoms with Gasteiger partial charge in [-0.3, -0.25) is 9.10 Å². The fraction of sp³-hybridized carbons (Fsp3) is 0.381. The smallest absolute Gasteiger partial charge is 0.253 e. The highest BCUT2D eigenvalue weighted by atomic mass is 35.5. The lowest BCUT2D eigenvalue weighted by Gasteiger charge is -2.27. The van der Waals surface area contributed by atoms with Crippen LogP contribution in [0.4, 0.5) is 11.8 Å². The molecule has 0 saturated carbocycles. The van der Waals surface area contributed by atoms with E-state index in [1.807, 2.05) is 18.2 Å². The summed E-state index contributed by atoms with van der Waals surface area (Å²) >= 11 is 7.83. The summed E-state index contributed by atoms with van der Waals surface area (Å²) in [6.07, 6.45) is 1.74. The fourth-order valence-corrected chi connectivity index (χ4v) is 3.97. The standard InChI is InChI=1S/C21H26ClN5OS/c1-13(2)12-29-27(14(3)4)19-7-8-23-21(26-19)24-11-16-9-15-10-17(22)5-6-18(15)25-20(16)28/h5-10,13-14H,11-12H2,1-4H3,(H,25,28)(H,23,24,26). The minimum absolute atomic E-state index is 0.139. The highest BCUT2D eigenvalue weighted by molar-refractivity contribution is 8.00. The lowest BCUT2D eigenvalue weighted by atomic mass is 10.1. The Kier molecular flexibility index (Phi) is 7.03. The minimum atomic E-state index is -0.139. The van der Waals surface area contributed by atoms with E-state index in [4.69, 9.17) is 11.6 Å². The van der Waals surface area contributed by atoms with E-state index in [0.717, 1.165) is 22.5 Å². The van der Waals surface area contributed by atoms with E-state index in [2.05, 4.69) is 52.3 Å². The number of hydrogen-bond acceptors (Lipinski definition) is 6. The van der Waals surface area contributed by atoms with E-state index in [-0.39, 0.29) is 5.56 Å². The van der Waals surface area contributed by atoms with Crippen molar-refractivity contribution in [2.24, 2.45) is 5.92 Å². The molecule has 29 heavy (non-hydrogen) atoms. The van der Waals surface area contributed by atoms with Crippen LogP contribution in [0.15, 0.2) is 41.3 Å². The summed E-state index contributed by atoms with van der Waals surface area (Å²) in [4.78, 5) is 24.2. The number of benzene rings is 1. The number of aromatic nitrogens is 3. The first-order valence-electron chi connectivity index (χ1n) is 9.64. The predicted molar refractivity (Wildman–Crippen MR) is 124 cm³/mol. The molecule has 1 aromatic carbocycles. The molecule has 3 aromatic rings. The summed E-state index contributed by atoms with van der Waals surface area (Å²) in [5.41, 5.74) is 1.22. The summed E-state index contributed by atoms with van der Waals surface area (Å²) in [5.74, 6) is 2.94. The monoisotopic (exact) mass is 431 g/mol. The molecular formula is C21H26ClN5OS. The lowest BCUT2D eigenvalue weighted by molar-refractivity contribution is 0.743. The van der Waals surface area contributed by atoms with E-state index in [0.29, 0.717) is 35.0 Å². The van der Waals surface area contributed by atoms with Crippen molar-refractivity contribution in [1.29, 1.82) is 0 Å². The van der Waals surface area contributed by atoms with E-state index in [1.165, 1.54) is 0 Å². The zero-order chi connectivity index (χ0) is 21.0. The number of halogens is 1. The molecule has 6 nitrogen and oxygen atoms in total. The van der Waals surface area contributed by atoms with Crippen LogP contribution in [0.1, 0.15) is 33.3 Å². The van der Waals surface area contributed by atoms with Crippen molar-refractivity contribution in [1.82, 2.24) is 15.0 Å². The molecule has 8 heteroatoms. The van der Waals surface area contributed by atoms with Gasteiger partial charge in [-0.05, 0) is 56.0 Å². The first-order valence-corrected chi connectivity index (χ1v) is 11.0. The van der Waals surface area contributed by atoms with Gasteiger partial charge in [-0.1, -0.05) is 25.4 Å². The maximum atomic E-state index is 12.4. The molecule has 0 amide bonds. The maximum absolute atomic E-state index is 12.4. The second kappa shape index (κ2) is 9.50. The Bertz CT molecular complexity index is 1040. The molecule has 0 atom stereocenters. The predicted octanol–water partition coefficient (Wildman–Crippen LogP) is 5.10. The molecule has 2 heterocycles. The van der Waals surface area contributed by atoms with Crippen molar-refractivity contribution in [3.8, 4) is 0 Å². The summed E-state index contributed by atoms with van der Waals surface area (Å²) in [6.45, 7) is 9.01. The number of rotatable bonds is 8. The third-order valence-electron chi connectivity index (χ3n) is 4.20. The zero-order valence-electron chi connectivity index (χ0n) is 17.1. The van der Waals surface area contributed by atoms with E-state index >= 15 is 0 Å². The van der Waals surface area contributed by atoms with Crippen LogP contribution in [-0.4, -0.2) is 26.7 Å². The Morgan fingerprint density at radius 3 is 2.72 bits per heavy atom. The Labute approximate surface area is 180 Å². The van der Waals surface area contributed by atoms with Gasteiger partial charge in [-0.2, -0.15) is 4.98 Å². The number of H-pyrrole nitrogens is 1. The second-order valence-electron chi connectivity index (χ2n) is 7.56. The molecule has 0 bridgehead atoms. The van der Waals surface area contributed by atoms with Crippen molar-refractivity contribution < 1.29 is 0 Å². The van der Waals surface area contributed by atoms with Crippen LogP contribution in [0, 0.1) is 5.92 Å². The highest BCUT2D eigenvalue weighted by Crippen LogP contribution is 2.25. The Morgan fingerprint density at radius 2 is 2.00 bits per heavy atom. The fourth-order valence-electron chi connectivity index (χ4n) is 2.79. The normalized spacial score (nSPS) is 11.4. The number of nitrogens with one attached hydrogen (secondary N) is 2. The van der Waals surface area contributed by atoms with Crippen LogP contribution in [0.25, 0.3) is 10.9 Å². The number of fused-ring (bicyclic) bond motifs is 1. The summed E-state index contributed by atoms with van der Waals surface area (Å²) in [5, 5.41) is 4.69. The Morgan fingerprint density at radius 1 is 1.21 bits per heavy atom. The van der Waals surface area contributed by atoms with Crippen molar-refractivity contribution in [2.75, 3.05) is 15.4 Å². The molecule has 0 saturated heterocycles. The van der Waals surface area contributed by atoms with Gasteiger partial charge in [-0.25, -0.2) is 4.98 Å². The van der Waals surface area contributed by atoms with Crippen LogP contribution in [0.5, 0.6) is 0 Å². The van der Waals surface area contributed by atoms with Crippen LogP contribution in [0.3, 0.4) is 0 Å². The van der Waals surface area contributed by atoms with Gasteiger partial charge in [0.05, 0.1) is 0 Å². The molecule has 2 aromatic heterocycles. The summed E-state index contributed by atoms with van der Waals surface area (Å²) in [6, 6.07) is 9.45. The number of anilines is 2. The van der Waals surface area contributed by atoms with Crippen LogP contribution in [-0.2, 0) is 6.54 Å². The van der Waals surface area contributed by atoms with Crippen molar-refractivity contribution in [3.05, 3.63) is 57.5 Å². The largest absolute Gasteiger partial charge is 0.350 e. The number of nitrogens with zero attached hydrogens (tertiary/aromatic N) is 3. The van der Waals surface area contributed by atoms with Crippen LogP contribution >= 0.6 is 23.5 Å². The van der Waals surface area contributed by atoms with E-state index in [1.54, 1.807) is 30.3 Å². The Hall–Kier alpha value is -2.25. The molecule has 0 fully saturated rings. The van der Waals surface area contributed by atoms with Gasteiger partial charge in [0, 0.05) is 52.1 Å². The molecule has 2 N–H and O–H groups in total. The van der Waals surface area contributed by atoms with Gasteiger partial charge >= 0.3 is 0 Å². The van der Waals surface area contributed by atoms with Gasteiger partial charge in [0.15, 0.2) is 0 Å². The average Bonchev–Trinajstić information content (AvgIpc) is 2.66. The molecular weight excluding hydrogens is 406 g/mol. The van der Waals surface area contributed by atoms with Gasteiger partial charge in [0.1, 0.15) is 5.82 Å². The number of hydrogen-bond donors (Lipinski definition) is 2. The molecule has 0 spiro atoms. The number of pyridine rings is 1. The molecule has 0 aliphatic carbocycles. The summed E-state index contributed by atoms with van der Waals surface area (Å²) in [7, 11) is 0. The SMILES string of the molecule is CC(C)CSN(c1ccnc(NCc2cc3cc(Cl)ccc3[nH]c2=O)n1)C(C)C. The van der Waals surface area contributed by atoms with Gasteiger partial charge in [-0.15, -0.1) is 0 Å². The third kappa shape index (κ3) is 5.64. The third-order valence-corrected chi connectivity index (χ3v) is 6.14. The van der Waals surface area contributed by atoms with E-state index < -0.39 is 0 Å².